The minimum atomic E-state index is -1.83. The van der Waals surface area contributed by atoms with Crippen LogP contribution in [0.5, 0.6) is 0 Å². The lowest BCUT2D eigenvalue weighted by Crippen LogP contribution is -2.49. The number of hydrogen-bond acceptors (Lipinski definition) is 6. The van der Waals surface area contributed by atoms with E-state index < -0.39 is 15.9 Å². The van der Waals surface area contributed by atoms with Gasteiger partial charge in [-0.25, -0.2) is 4.79 Å². The Kier molecular flexibility index (Phi) is 6.58. The van der Waals surface area contributed by atoms with Crippen LogP contribution in [-0.2, 0) is 17.6 Å². The summed E-state index contributed by atoms with van der Waals surface area (Å²) in [5, 5.41) is 8.06. The summed E-state index contributed by atoms with van der Waals surface area (Å²) >= 11 is 21.0. The van der Waals surface area contributed by atoms with Gasteiger partial charge in [-0.3, -0.25) is 4.79 Å². The fraction of sp³-hybridized carbons (Fsp3) is 0.412. The molecule has 3 rings (SSSR count). The average molecular weight is 468 g/mol. The molecule has 2 aromatic rings. The van der Waals surface area contributed by atoms with E-state index in [0.29, 0.717) is 15.4 Å². The Labute approximate surface area is 179 Å². The molecule has 27 heavy (non-hydrogen) atoms. The van der Waals surface area contributed by atoms with Crippen LogP contribution in [0.25, 0.3) is 0 Å². The molecule has 1 unspecified atom stereocenters. The number of thiophene rings is 2. The SMILES string of the molecule is CCOC(=O)c1c(NC(NC(=O)c2cccs2)C(Cl)(Cl)Cl)sc2c1CCC2. The molecule has 2 aromatic heterocycles. The maximum absolute atomic E-state index is 12.5. The molecule has 0 saturated carbocycles. The molecule has 0 aromatic carbocycles. The van der Waals surface area contributed by atoms with E-state index in [1.54, 1.807) is 24.4 Å². The van der Waals surface area contributed by atoms with Gasteiger partial charge in [0.1, 0.15) is 11.2 Å². The topological polar surface area (TPSA) is 67.4 Å². The number of fused-ring (bicyclic) bond motifs is 1. The number of aryl methyl sites for hydroxylation is 1. The van der Waals surface area contributed by atoms with Gasteiger partial charge in [0, 0.05) is 4.88 Å². The lowest BCUT2D eigenvalue weighted by Gasteiger charge is -2.27. The van der Waals surface area contributed by atoms with Gasteiger partial charge < -0.3 is 15.4 Å². The Hall–Kier alpha value is -0.990. The smallest absolute Gasteiger partial charge is 0.341 e. The van der Waals surface area contributed by atoms with Gasteiger partial charge >= 0.3 is 5.97 Å². The summed E-state index contributed by atoms with van der Waals surface area (Å²) < 4.78 is 3.38. The number of carbonyl (C=O) groups excluding carboxylic acids is 2. The zero-order valence-corrected chi connectivity index (χ0v) is 18.2. The van der Waals surface area contributed by atoms with Gasteiger partial charge in [-0.15, -0.1) is 22.7 Å². The largest absolute Gasteiger partial charge is 0.462 e. The van der Waals surface area contributed by atoms with Crippen molar-refractivity contribution in [3.8, 4) is 0 Å². The van der Waals surface area contributed by atoms with Gasteiger partial charge in [0.2, 0.25) is 3.79 Å². The molecule has 5 nitrogen and oxygen atoms in total. The highest BCUT2D eigenvalue weighted by Crippen LogP contribution is 2.41. The van der Waals surface area contributed by atoms with Crippen molar-refractivity contribution in [3.63, 3.8) is 0 Å². The molecule has 1 aliphatic rings. The van der Waals surface area contributed by atoms with Gasteiger partial charge in [0.25, 0.3) is 5.91 Å². The zero-order chi connectivity index (χ0) is 19.6. The second kappa shape index (κ2) is 8.57. The van der Waals surface area contributed by atoms with Crippen molar-refractivity contribution >= 4 is 74.4 Å². The molecule has 0 bridgehead atoms. The summed E-state index contributed by atoms with van der Waals surface area (Å²) in [6, 6.07) is 3.44. The van der Waals surface area contributed by atoms with Crippen molar-refractivity contribution in [2.75, 3.05) is 11.9 Å². The molecule has 146 valence electrons. The number of amides is 1. The van der Waals surface area contributed by atoms with Crippen LogP contribution in [0.1, 0.15) is 43.8 Å². The summed E-state index contributed by atoms with van der Waals surface area (Å²) in [5.41, 5.74) is 1.45. The Morgan fingerprint density at radius 2 is 2.11 bits per heavy atom. The van der Waals surface area contributed by atoms with Crippen molar-refractivity contribution in [1.82, 2.24) is 5.32 Å². The van der Waals surface area contributed by atoms with Crippen LogP contribution >= 0.6 is 57.5 Å². The summed E-state index contributed by atoms with van der Waals surface area (Å²) in [6.07, 6.45) is 1.68. The zero-order valence-electron chi connectivity index (χ0n) is 14.3. The van der Waals surface area contributed by atoms with Crippen molar-refractivity contribution < 1.29 is 14.3 Å². The van der Waals surface area contributed by atoms with E-state index in [-0.39, 0.29) is 12.5 Å². The number of carbonyl (C=O) groups is 2. The van der Waals surface area contributed by atoms with Crippen LogP contribution in [0, 0.1) is 0 Å². The first-order valence-corrected chi connectivity index (χ1v) is 11.1. The highest BCUT2D eigenvalue weighted by atomic mass is 35.6. The predicted octanol–water partition coefficient (Wildman–Crippen LogP) is 5.01. The van der Waals surface area contributed by atoms with Crippen LogP contribution in [0.3, 0.4) is 0 Å². The molecule has 1 amide bonds. The summed E-state index contributed by atoms with van der Waals surface area (Å²) in [5.74, 6) is -0.775. The van der Waals surface area contributed by atoms with E-state index in [2.05, 4.69) is 10.6 Å². The average Bonchev–Trinajstić information content (AvgIpc) is 3.30. The maximum atomic E-state index is 12.5. The Bertz CT molecular complexity index is 831. The van der Waals surface area contributed by atoms with Crippen LogP contribution in [0.4, 0.5) is 5.00 Å². The van der Waals surface area contributed by atoms with E-state index in [4.69, 9.17) is 39.5 Å². The minimum absolute atomic E-state index is 0.270. The predicted molar refractivity (Wildman–Crippen MR) is 112 cm³/mol. The number of alkyl halides is 3. The first-order chi connectivity index (χ1) is 12.8. The maximum Gasteiger partial charge on any atom is 0.341 e. The molecule has 2 N–H and O–H groups in total. The highest BCUT2D eigenvalue weighted by Gasteiger charge is 2.37. The molecule has 1 aliphatic carbocycles. The summed E-state index contributed by atoms with van der Waals surface area (Å²) in [6.45, 7) is 2.02. The van der Waals surface area contributed by atoms with Gasteiger partial charge in [0.15, 0.2) is 0 Å². The van der Waals surface area contributed by atoms with Gasteiger partial charge in [-0.1, -0.05) is 40.9 Å². The van der Waals surface area contributed by atoms with E-state index in [9.17, 15) is 9.59 Å². The fourth-order valence-corrected chi connectivity index (χ4v) is 5.13. The van der Waals surface area contributed by atoms with Crippen molar-refractivity contribution in [2.24, 2.45) is 0 Å². The molecular weight excluding hydrogens is 451 g/mol. The van der Waals surface area contributed by atoms with Crippen molar-refractivity contribution in [3.05, 3.63) is 38.4 Å². The molecule has 0 fully saturated rings. The standard InChI is InChI=1S/C17H17Cl3N2O3S2/c1-2-25-15(24)12-9-5-3-6-10(9)27-14(12)22-16(17(18,19)20)21-13(23)11-7-4-8-26-11/h4,7-8,16,22H,2-3,5-6H2,1H3,(H,21,23). The van der Waals surface area contributed by atoms with E-state index in [1.165, 1.54) is 22.7 Å². The second-order valence-electron chi connectivity index (χ2n) is 5.85. The number of ether oxygens (including phenoxy) is 1. The molecule has 10 heteroatoms. The van der Waals surface area contributed by atoms with Crippen LogP contribution in [0.15, 0.2) is 17.5 Å². The van der Waals surface area contributed by atoms with E-state index >= 15 is 0 Å². The second-order valence-corrected chi connectivity index (χ2v) is 10.3. The Morgan fingerprint density at radius 1 is 1.33 bits per heavy atom. The molecule has 1 atom stereocenters. The lowest BCUT2D eigenvalue weighted by atomic mass is 10.1. The third-order valence-corrected chi connectivity index (χ3v) is 6.77. The third kappa shape index (κ3) is 4.71. The molecule has 0 radical (unpaired) electrons. The number of esters is 1. The molecule has 0 spiro atoms. The van der Waals surface area contributed by atoms with Crippen LogP contribution in [0.2, 0.25) is 0 Å². The first-order valence-electron chi connectivity index (χ1n) is 8.30. The van der Waals surface area contributed by atoms with Crippen LogP contribution in [-0.4, -0.2) is 28.4 Å². The molecule has 2 heterocycles. The van der Waals surface area contributed by atoms with Crippen molar-refractivity contribution in [2.45, 2.75) is 36.1 Å². The first kappa shape index (κ1) is 20.7. The number of anilines is 1. The summed E-state index contributed by atoms with van der Waals surface area (Å²) in [4.78, 5) is 26.5. The number of rotatable bonds is 6. The number of hydrogen-bond donors (Lipinski definition) is 2. The fourth-order valence-electron chi connectivity index (χ4n) is 2.87. The number of nitrogens with one attached hydrogen (secondary N) is 2. The minimum Gasteiger partial charge on any atom is -0.462 e. The van der Waals surface area contributed by atoms with Gasteiger partial charge in [-0.05, 0) is 43.2 Å². The summed E-state index contributed by atoms with van der Waals surface area (Å²) in [7, 11) is 0. The lowest BCUT2D eigenvalue weighted by molar-refractivity contribution is 0.0527. The van der Waals surface area contributed by atoms with Gasteiger partial charge in [0.05, 0.1) is 17.0 Å². The van der Waals surface area contributed by atoms with E-state index in [0.717, 1.165) is 29.7 Å². The quantitative estimate of drug-likeness (QED) is 0.356. The Morgan fingerprint density at radius 3 is 2.74 bits per heavy atom. The van der Waals surface area contributed by atoms with Gasteiger partial charge in [-0.2, -0.15) is 0 Å². The molecular formula is C17H17Cl3N2O3S2. The molecule has 0 aliphatic heterocycles. The van der Waals surface area contributed by atoms with Crippen molar-refractivity contribution in [1.29, 1.82) is 0 Å². The highest BCUT2D eigenvalue weighted by molar-refractivity contribution is 7.16. The van der Waals surface area contributed by atoms with E-state index in [1.807, 2.05) is 0 Å². The number of halogens is 3. The Balaban J connectivity index is 1.88. The monoisotopic (exact) mass is 466 g/mol. The third-order valence-electron chi connectivity index (χ3n) is 4.02. The van der Waals surface area contributed by atoms with Crippen LogP contribution < -0.4 is 10.6 Å². The molecule has 0 saturated heterocycles. The normalized spacial score (nSPS) is 14.5.